The Morgan fingerprint density at radius 1 is 0.760 bits per heavy atom. The molecule has 1 fully saturated rings. The second-order valence-electron chi connectivity index (χ2n) is 6.62. The van der Waals surface area contributed by atoms with E-state index in [1.54, 1.807) is 0 Å². The first kappa shape index (κ1) is 16.3. The molecule has 2 heteroatoms. The van der Waals surface area contributed by atoms with Crippen LogP contribution in [-0.4, -0.2) is 15.6 Å². The summed E-state index contributed by atoms with van der Waals surface area (Å²) in [6.07, 6.45) is 2.51. The highest BCUT2D eigenvalue weighted by Crippen LogP contribution is 2.34. The fraction of sp³-hybridized carbons (Fsp3) is 0.217. The van der Waals surface area contributed by atoms with Crippen molar-refractivity contribution in [3.63, 3.8) is 0 Å². The van der Waals surface area contributed by atoms with Crippen molar-refractivity contribution in [1.82, 2.24) is 0 Å². The summed E-state index contributed by atoms with van der Waals surface area (Å²) in [7, 11) is -0.883. The van der Waals surface area contributed by atoms with Crippen LogP contribution in [0.4, 0.5) is 0 Å². The molecule has 125 valence electrons. The molecular formula is C23H23OSi. The van der Waals surface area contributed by atoms with E-state index in [9.17, 15) is 0 Å². The molecule has 0 unspecified atom stereocenters. The van der Waals surface area contributed by atoms with E-state index in [1.807, 2.05) is 0 Å². The average Bonchev–Trinajstić information content (AvgIpc) is 2.70. The molecule has 1 aliphatic heterocycles. The van der Waals surface area contributed by atoms with Crippen LogP contribution in [0.1, 0.15) is 18.4 Å². The molecule has 0 atom stereocenters. The maximum Gasteiger partial charge on any atom is 0.247 e. The first-order valence-electron chi connectivity index (χ1n) is 9.08. The molecule has 0 saturated carbocycles. The van der Waals surface area contributed by atoms with Gasteiger partial charge in [0.1, 0.15) is 0 Å². The predicted octanol–water partition coefficient (Wildman–Crippen LogP) is 5.34. The minimum atomic E-state index is -0.883. The molecule has 1 aliphatic rings. The fourth-order valence-corrected chi connectivity index (χ4v) is 6.06. The van der Waals surface area contributed by atoms with Crippen molar-refractivity contribution in [2.45, 2.75) is 25.8 Å². The summed E-state index contributed by atoms with van der Waals surface area (Å²) >= 11 is 0. The van der Waals surface area contributed by atoms with Crippen LogP contribution in [0.25, 0.3) is 22.3 Å². The second-order valence-corrected chi connectivity index (χ2v) is 8.80. The molecule has 1 nitrogen and oxygen atoms in total. The summed E-state index contributed by atoms with van der Waals surface area (Å²) in [6.45, 7) is 3.20. The van der Waals surface area contributed by atoms with Gasteiger partial charge in [0, 0.05) is 6.61 Å². The zero-order valence-electron chi connectivity index (χ0n) is 14.7. The Hall–Kier alpha value is -2.16. The van der Waals surface area contributed by atoms with Crippen molar-refractivity contribution in [2.24, 2.45) is 0 Å². The van der Waals surface area contributed by atoms with Gasteiger partial charge >= 0.3 is 0 Å². The summed E-state index contributed by atoms with van der Waals surface area (Å²) in [5.41, 5.74) is 6.63. The molecule has 0 spiro atoms. The summed E-state index contributed by atoms with van der Waals surface area (Å²) in [4.78, 5) is 0. The lowest BCUT2D eigenvalue weighted by Gasteiger charge is -2.24. The first-order chi connectivity index (χ1) is 12.3. The van der Waals surface area contributed by atoms with Crippen molar-refractivity contribution in [1.29, 1.82) is 0 Å². The van der Waals surface area contributed by atoms with Crippen molar-refractivity contribution in [2.75, 3.05) is 6.61 Å². The second kappa shape index (κ2) is 7.38. The Morgan fingerprint density at radius 3 is 2.08 bits per heavy atom. The average molecular weight is 344 g/mol. The number of hydrogen-bond acceptors (Lipinski definition) is 1. The summed E-state index contributed by atoms with van der Waals surface area (Å²) in [5.74, 6) is 0. The van der Waals surface area contributed by atoms with Crippen molar-refractivity contribution in [3.05, 3.63) is 78.4 Å². The monoisotopic (exact) mass is 343 g/mol. The third-order valence-corrected chi connectivity index (χ3v) is 7.49. The maximum atomic E-state index is 6.18. The van der Waals surface area contributed by atoms with Crippen LogP contribution in [0.15, 0.2) is 72.8 Å². The van der Waals surface area contributed by atoms with Gasteiger partial charge in [0.2, 0.25) is 9.04 Å². The molecule has 1 saturated heterocycles. The van der Waals surface area contributed by atoms with Gasteiger partial charge in [-0.1, -0.05) is 79.2 Å². The highest BCUT2D eigenvalue weighted by atomic mass is 28.3. The van der Waals surface area contributed by atoms with Gasteiger partial charge < -0.3 is 4.43 Å². The van der Waals surface area contributed by atoms with Gasteiger partial charge in [-0.05, 0) is 52.4 Å². The van der Waals surface area contributed by atoms with E-state index in [2.05, 4.69) is 79.7 Å². The molecule has 0 aromatic heterocycles. The van der Waals surface area contributed by atoms with Crippen LogP contribution >= 0.6 is 0 Å². The van der Waals surface area contributed by atoms with Crippen molar-refractivity contribution < 1.29 is 4.43 Å². The van der Waals surface area contributed by atoms with Gasteiger partial charge in [-0.3, -0.25) is 0 Å². The molecule has 1 radical (unpaired) electrons. The third-order valence-electron chi connectivity index (χ3n) is 4.99. The topological polar surface area (TPSA) is 9.23 Å². The number of benzene rings is 3. The standard InChI is InChI=1S/C23H23OSi/c1-18-22(25-17-9-8-16-24-25)15-14-21(19-10-4-2-5-11-19)23(18)20-12-6-3-7-13-20/h2-7,10-15H,8-9,16-17H2,1H3. The first-order valence-corrected chi connectivity index (χ1v) is 10.7. The van der Waals surface area contributed by atoms with E-state index in [0.717, 1.165) is 6.61 Å². The van der Waals surface area contributed by atoms with Gasteiger partial charge in [0.25, 0.3) is 0 Å². The summed E-state index contributed by atoms with van der Waals surface area (Å²) < 4.78 is 6.18. The predicted molar refractivity (Wildman–Crippen MR) is 107 cm³/mol. The Balaban J connectivity index is 1.89. The zero-order valence-corrected chi connectivity index (χ0v) is 15.7. The van der Waals surface area contributed by atoms with E-state index in [-0.39, 0.29) is 0 Å². The van der Waals surface area contributed by atoms with E-state index < -0.39 is 9.04 Å². The van der Waals surface area contributed by atoms with Crippen LogP contribution in [-0.2, 0) is 4.43 Å². The minimum absolute atomic E-state index is 0.883. The largest absolute Gasteiger partial charge is 0.412 e. The lowest BCUT2D eigenvalue weighted by atomic mass is 9.91. The van der Waals surface area contributed by atoms with Crippen LogP contribution < -0.4 is 5.19 Å². The van der Waals surface area contributed by atoms with E-state index in [0.29, 0.717) is 0 Å². The van der Waals surface area contributed by atoms with Crippen LogP contribution in [0.5, 0.6) is 0 Å². The zero-order chi connectivity index (χ0) is 17.1. The molecule has 0 N–H and O–H groups in total. The molecule has 3 aromatic rings. The highest BCUT2D eigenvalue weighted by Gasteiger charge is 2.24. The molecule has 0 aliphatic carbocycles. The maximum absolute atomic E-state index is 6.18. The molecule has 25 heavy (non-hydrogen) atoms. The Kier molecular flexibility index (Phi) is 4.82. The normalized spacial score (nSPS) is 15.2. The molecule has 1 heterocycles. The third kappa shape index (κ3) is 3.32. The molecule has 0 bridgehead atoms. The fourth-order valence-electron chi connectivity index (χ4n) is 3.72. The Labute approximate surface area is 152 Å². The number of rotatable bonds is 3. The molecule has 4 rings (SSSR count). The van der Waals surface area contributed by atoms with Crippen molar-refractivity contribution >= 4 is 14.2 Å². The van der Waals surface area contributed by atoms with Crippen LogP contribution in [0.2, 0.25) is 6.04 Å². The molecule has 3 aromatic carbocycles. The van der Waals surface area contributed by atoms with Crippen LogP contribution in [0.3, 0.4) is 0 Å². The van der Waals surface area contributed by atoms with Crippen LogP contribution in [0, 0.1) is 6.92 Å². The molecular weight excluding hydrogens is 320 g/mol. The van der Waals surface area contributed by atoms with Crippen molar-refractivity contribution in [3.8, 4) is 22.3 Å². The van der Waals surface area contributed by atoms with Gasteiger partial charge in [-0.2, -0.15) is 0 Å². The molecule has 0 amide bonds. The van der Waals surface area contributed by atoms with Gasteiger partial charge in [0.15, 0.2) is 0 Å². The van der Waals surface area contributed by atoms with E-state index in [4.69, 9.17) is 4.43 Å². The smallest absolute Gasteiger partial charge is 0.247 e. The van der Waals surface area contributed by atoms with Gasteiger partial charge in [0.05, 0.1) is 0 Å². The van der Waals surface area contributed by atoms with E-state index in [1.165, 1.54) is 51.9 Å². The highest BCUT2D eigenvalue weighted by molar-refractivity contribution is 6.68. The quantitative estimate of drug-likeness (QED) is 0.583. The summed E-state index contributed by atoms with van der Waals surface area (Å²) in [5, 5.41) is 1.45. The Morgan fingerprint density at radius 2 is 1.44 bits per heavy atom. The lowest BCUT2D eigenvalue weighted by Crippen LogP contribution is -2.38. The number of hydrogen-bond donors (Lipinski definition) is 0. The van der Waals surface area contributed by atoms with Gasteiger partial charge in [-0.25, -0.2) is 0 Å². The summed E-state index contributed by atoms with van der Waals surface area (Å²) in [6, 6.07) is 27.3. The SMILES string of the molecule is Cc1c([Si]2CCCCO2)ccc(-c2ccccc2)c1-c1ccccc1. The Bertz CT molecular complexity index is 837. The minimum Gasteiger partial charge on any atom is -0.412 e. The van der Waals surface area contributed by atoms with E-state index >= 15 is 0 Å². The van der Waals surface area contributed by atoms with Gasteiger partial charge in [-0.15, -0.1) is 0 Å². The lowest BCUT2D eigenvalue weighted by molar-refractivity contribution is 0.294.